The summed E-state index contributed by atoms with van der Waals surface area (Å²) >= 11 is 0. The van der Waals surface area contributed by atoms with Crippen LogP contribution in [-0.2, 0) is 4.74 Å². The van der Waals surface area contributed by atoms with E-state index in [9.17, 15) is 5.11 Å². The van der Waals surface area contributed by atoms with Crippen LogP contribution >= 0.6 is 0 Å². The molecule has 3 nitrogen and oxygen atoms in total. The molecule has 2 unspecified atom stereocenters. The lowest BCUT2D eigenvalue weighted by atomic mass is 9.87. The Morgan fingerprint density at radius 1 is 1.36 bits per heavy atom. The molecule has 0 spiro atoms. The zero-order chi connectivity index (χ0) is 10.6. The predicted octanol–water partition coefficient (Wildman–Crippen LogP) is 1.26. The highest BCUT2D eigenvalue weighted by Gasteiger charge is 2.36. The fourth-order valence-corrected chi connectivity index (χ4v) is 2.18. The third-order valence-electron chi connectivity index (χ3n) is 3.55. The summed E-state index contributed by atoms with van der Waals surface area (Å²) in [6.07, 6.45) is 1.58. The number of hydrogen-bond acceptors (Lipinski definition) is 3. The SMILES string of the molecule is CCC(O)C(C)(CC)N1CCOCC1. The van der Waals surface area contributed by atoms with Gasteiger partial charge in [0.2, 0.25) is 0 Å². The second kappa shape index (κ2) is 5.10. The van der Waals surface area contributed by atoms with Crippen LogP contribution in [0, 0.1) is 0 Å². The zero-order valence-corrected chi connectivity index (χ0v) is 9.62. The van der Waals surface area contributed by atoms with E-state index in [2.05, 4.69) is 18.7 Å². The average molecular weight is 201 g/mol. The van der Waals surface area contributed by atoms with Crippen molar-refractivity contribution in [3.8, 4) is 0 Å². The van der Waals surface area contributed by atoms with Crippen LogP contribution < -0.4 is 0 Å². The van der Waals surface area contributed by atoms with Gasteiger partial charge in [-0.25, -0.2) is 0 Å². The Bertz CT molecular complexity index is 169. The molecule has 1 rings (SSSR count). The molecule has 84 valence electrons. The third-order valence-corrected chi connectivity index (χ3v) is 3.55. The Labute approximate surface area is 87.1 Å². The van der Waals surface area contributed by atoms with Crippen molar-refractivity contribution in [1.82, 2.24) is 4.90 Å². The lowest BCUT2D eigenvalue weighted by molar-refractivity contribution is -0.0726. The number of morpholine rings is 1. The summed E-state index contributed by atoms with van der Waals surface area (Å²) in [6, 6.07) is 0. The summed E-state index contributed by atoms with van der Waals surface area (Å²) in [5, 5.41) is 10.0. The van der Waals surface area contributed by atoms with Gasteiger partial charge < -0.3 is 9.84 Å². The van der Waals surface area contributed by atoms with E-state index in [1.807, 2.05) is 6.92 Å². The molecular weight excluding hydrogens is 178 g/mol. The molecule has 3 heteroatoms. The number of ether oxygens (including phenoxy) is 1. The lowest BCUT2D eigenvalue weighted by Crippen LogP contribution is -2.57. The molecule has 0 aromatic heterocycles. The van der Waals surface area contributed by atoms with Crippen LogP contribution in [0.2, 0.25) is 0 Å². The molecule has 1 heterocycles. The van der Waals surface area contributed by atoms with E-state index >= 15 is 0 Å². The minimum Gasteiger partial charge on any atom is -0.391 e. The fourth-order valence-electron chi connectivity index (χ4n) is 2.18. The number of aliphatic hydroxyl groups is 1. The lowest BCUT2D eigenvalue weighted by Gasteiger charge is -2.45. The number of nitrogens with zero attached hydrogens (tertiary/aromatic N) is 1. The number of hydrogen-bond donors (Lipinski definition) is 1. The Morgan fingerprint density at radius 3 is 2.36 bits per heavy atom. The molecule has 0 amide bonds. The Morgan fingerprint density at radius 2 is 1.93 bits per heavy atom. The molecule has 0 saturated carbocycles. The van der Waals surface area contributed by atoms with Crippen molar-refractivity contribution in [2.24, 2.45) is 0 Å². The maximum atomic E-state index is 10.0. The largest absolute Gasteiger partial charge is 0.391 e. The first-order valence-electron chi connectivity index (χ1n) is 5.66. The van der Waals surface area contributed by atoms with E-state index in [4.69, 9.17) is 4.74 Å². The highest BCUT2D eigenvalue weighted by molar-refractivity contribution is 4.92. The molecule has 0 aromatic rings. The molecule has 1 aliphatic heterocycles. The first kappa shape index (κ1) is 12.0. The van der Waals surface area contributed by atoms with E-state index in [0.29, 0.717) is 0 Å². The molecule has 0 aliphatic carbocycles. The third kappa shape index (κ3) is 2.27. The highest BCUT2D eigenvalue weighted by Crippen LogP contribution is 2.26. The summed E-state index contributed by atoms with van der Waals surface area (Å²) in [7, 11) is 0. The van der Waals surface area contributed by atoms with Crippen LogP contribution in [0.4, 0.5) is 0 Å². The summed E-state index contributed by atoms with van der Waals surface area (Å²) < 4.78 is 5.33. The zero-order valence-electron chi connectivity index (χ0n) is 9.62. The van der Waals surface area contributed by atoms with E-state index in [-0.39, 0.29) is 11.6 Å². The van der Waals surface area contributed by atoms with Crippen molar-refractivity contribution in [3.63, 3.8) is 0 Å². The first-order valence-corrected chi connectivity index (χ1v) is 5.66. The molecule has 0 aromatic carbocycles. The normalized spacial score (nSPS) is 25.7. The smallest absolute Gasteiger partial charge is 0.0718 e. The number of rotatable bonds is 4. The summed E-state index contributed by atoms with van der Waals surface area (Å²) in [4.78, 5) is 2.37. The van der Waals surface area contributed by atoms with Crippen molar-refractivity contribution >= 4 is 0 Å². The maximum Gasteiger partial charge on any atom is 0.0718 e. The van der Waals surface area contributed by atoms with Gasteiger partial charge in [0.25, 0.3) is 0 Å². The second-order valence-corrected chi connectivity index (χ2v) is 4.23. The Hall–Kier alpha value is -0.120. The Balaban J connectivity index is 2.65. The van der Waals surface area contributed by atoms with Gasteiger partial charge in [0, 0.05) is 18.6 Å². The highest BCUT2D eigenvalue weighted by atomic mass is 16.5. The van der Waals surface area contributed by atoms with Crippen LogP contribution in [0.1, 0.15) is 33.6 Å². The van der Waals surface area contributed by atoms with E-state index in [0.717, 1.165) is 39.1 Å². The van der Waals surface area contributed by atoms with Gasteiger partial charge in [-0.1, -0.05) is 13.8 Å². The van der Waals surface area contributed by atoms with Crippen molar-refractivity contribution in [1.29, 1.82) is 0 Å². The predicted molar refractivity (Wildman–Crippen MR) is 57.4 cm³/mol. The van der Waals surface area contributed by atoms with E-state index < -0.39 is 0 Å². The van der Waals surface area contributed by atoms with Gasteiger partial charge >= 0.3 is 0 Å². The standard InChI is InChI=1S/C11H23NO2/c1-4-10(13)11(3,5-2)12-6-8-14-9-7-12/h10,13H,4-9H2,1-3H3. The van der Waals surface area contributed by atoms with Crippen LogP contribution in [0.25, 0.3) is 0 Å². The summed E-state index contributed by atoms with van der Waals surface area (Å²) in [6.45, 7) is 9.83. The van der Waals surface area contributed by atoms with Gasteiger partial charge in [-0.2, -0.15) is 0 Å². The van der Waals surface area contributed by atoms with Gasteiger partial charge in [-0.15, -0.1) is 0 Å². The summed E-state index contributed by atoms with van der Waals surface area (Å²) in [5.41, 5.74) is -0.0709. The second-order valence-electron chi connectivity index (χ2n) is 4.23. The van der Waals surface area contributed by atoms with Crippen molar-refractivity contribution in [2.75, 3.05) is 26.3 Å². The average Bonchev–Trinajstić information content (AvgIpc) is 2.28. The number of aliphatic hydroxyl groups excluding tert-OH is 1. The van der Waals surface area contributed by atoms with Gasteiger partial charge in [0.05, 0.1) is 19.3 Å². The quantitative estimate of drug-likeness (QED) is 0.743. The van der Waals surface area contributed by atoms with Gasteiger partial charge in [-0.3, -0.25) is 4.90 Å². The summed E-state index contributed by atoms with van der Waals surface area (Å²) in [5.74, 6) is 0. The van der Waals surface area contributed by atoms with Gasteiger partial charge in [-0.05, 0) is 19.8 Å². The van der Waals surface area contributed by atoms with Crippen molar-refractivity contribution in [3.05, 3.63) is 0 Å². The minimum absolute atomic E-state index is 0.0709. The molecular formula is C11H23NO2. The van der Waals surface area contributed by atoms with Crippen molar-refractivity contribution in [2.45, 2.75) is 45.3 Å². The van der Waals surface area contributed by atoms with Gasteiger partial charge in [0.1, 0.15) is 0 Å². The topological polar surface area (TPSA) is 32.7 Å². The molecule has 1 fully saturated rings. The fraction of sp³-hybridized carbons (Fsp3) is 1.00. The molecule has 1 N–H and O–H groups in total. The monoisotopic (exact) mass is 201 g/mol. The van der Waals surface area contributed by atoms with Crippen LogP contribution in [-0.4, -0.2) is 48.0 Å². The molecule has 0 radical (unpaired) electrons. The molecule has 1 aliphatic rings. The molecule has 0 bridgehead atoms. The van der Waals surface area contributed by atoms with Crippen LogP contribution in [0.3, 0.4) is 0 Å². The van der Waals surface area contributed by atoms with Crippen LogP contribution in [0.15, 0.2) is 0 Å². The first-order chi connectivity index (χ1) is 6.65. The van der Waals surface area contributed by atoms with Crippen LogP contribution in [0.5, 0.6) is 0 Å². The van der Waals surface area contributed by atoms with Crippen molar-refractivity contribution < 1.29 is 9.84 Å². The Kier molecular flexibility index (Phi) is 4.35. The maximum absolute atomic E-state index is 10.0. The minimum atomic E-state index is -0.231. The van der Waals surface area contributed by atoms with E-state index in [1.165, 1.54) is 0 Å². The van der Waals surface area contributed by atoms with Gasteiger partial charge in [0.15, 0.2) is 0 Å². The molecule has 2 atom stereocenters. The van der Waals surface area contributed by atoms with E-state index in [1.54, 1.807) is 0 Å². The molecule has 1 saturated heterocycles. The molecule has 14 heavy (non-hydrogen) atoms.